The van der Waals surface area contributed by atoms with Crippen LogP contribution in [0.1, 0.15) is 27.9 Å². The van der Waals surface area contributed by atoms with Crippen LogP contribution in [0.3, 0.4) is 0 Å². The molecule has 1 amide bonds. The van der Waals surface area contributed by atoms with Gasteiger partial charge in [0.2, 0.25) is 5.91 Å². The van der Waals surface area contributed by atoms with E-state index in [-0.39, 0.29) is 17.7 Å². The number of thiazole rings is 1. The minimum absolute atomic E-state index is 0.0210. The van der Waals surface area contributed by atoms with Gasteiger partial charge in [0, 0.05) is 43.4 Å². The van der Waals surface area contributed by atoms with Crippen LogP contribution in [0.25, 0.3) is 0 Å². The molecular formula is C19H21Cl2N3O4S2. The van der Waals surface area contributed by atoms with Crippen LogP contribution in [-0.2, 0) is 16.1 Å². The molecule has 2 heterocycles. The number of aryl methyl sites for hydroxylation is 1. The lowest BCUT2D eigenvalue weighted by molar-refractivity contribution is -0.126. The van der Waals surface area contributed by atoms with Crippen LogP contribution in [0, 0.1) is 6.92 Å². The Kier molecular flexibility index (Phi) is 8.00. The van der Waals surface area contributed by atoms with E-state index in [1.165, 1.54) is 18.3 Å². The maximum atomic E-state index is 12.2. The molecule has 1 N–H and O–H groups in total. The van der Waals surface area contributed by atoms with E-state index in [1.54, 1.807) is 17.3 Å². The van der Waals surface area contributed by atoms with E-state index in [0.29, 0.717) is 45.5 Å². The average molecular weight is 490 g/mol. The summed E-state index contributed by atoms with van der Waals surface area (Å²) in [5.74, 6) is -1.21. The Morgan fingerprint density at radius 2 is 2.17 bits per heavy atom. The van der Waals surface area contributed by atoms with Gasteiger partial charge in [0.25, 0.3) is 0 Å². The van der Waals surface area contributed by atoms with Crippen LogP contribution in [0.2, 0.25) is 10.0 Å². The van der Waals surface area contributed by atoms with Crippen LogP contribution in [0.5, 0.6) is 0 Å². The number of ether oxygens (including phenoxy) is 1. The quantitative estimate of drug-likeness (QED) is 0.582. The van der Waals surface area contributed by atoms with Crippen LogP contribution < -0.4 is 0 Å². The molecule has 0 aliphatic carbocycles. The van der Waals surface area contributed by atoms with Crippen molar-refractivity contribution in [3.05, 3.63) is 44.4 Å². The van der Waals surface area contributed by atoms with Gasteiger partial charge in [-0.2, -0.15) is 0 Å². The first-order chi connectivity index (χ1) is 14.2. The predicted molar refractivity (Wildman–Crippen MR) is 119 cm³/mol. The fraction of sp³-hybridized carbons (Fsp3) is 0.421. The lowest BCUT2D eigenvalue weighted by atomic mass is 10.2. The lowest BCUT2D eigenvalue weighted by Crippen LogP contribution is -2.46. The highest BCUT2D eigenvalue weighted by atomic mass is 35.5. The second kappa shape index (κ2) is 10.3. The number of rotatable bonds is 7. The molecule has 1 aromatic carbocycles. The van der Waals surface area contributed by atoms with Gasteiger partial charge in [-0.3, -0.25) is 14.0 Å². The fourth-order valence-electron chi connectivity index (χ4n) is 3.05. The second-order valence-electron chi connectivity index (χ2n) is 6.84. The zero-order chi connectivity index (χ0) is 21.8. The molecule has 0 radical (unpaired) electrons. The van der Waals surface area contributed by atoms with Crippen molar-refractivity contribution in [2.24, 2.45) is 0 Å². The smallest absolute Gasteiger partial charge is 0.355 e. The molecule has 162 valence electrons. The van der Waals surface area contributed by atoms with Crippen LogP contribution >= 0.6 is 46.5 Å². The summed E-state index contributed by atoms with van der Waals surface area (Å²) in [5, 5.41) is 10.2. The topological polar surface area (TPSA) is 83.0 Å². The number of carboxylic acid groups (broad SMARTS) is 1. The van der Waals surface area contributed by atoms with Crippen molar-refractivity contribution in [2.45, 2.75) is 30.8 Å². The number of halogens is 2. The minimum atomic E-state index is -1.07. The number of carbonyl (C=O) groups excluding carboxylic acids is 1. The van der Waals surface area contributed by atoms with Crippen LogP contribution in [0.4, 0.5) is 0 Å². The van der Waals surface area contributed by atoms with E-state index in [0.717, 1.165) is 24.1 Å². The summed E-state index contributed by atoms with van der Waals surface area (Å²) in [6.07, 6.45) is -0.169. The number of hydrogen-bond acceptors (Lipinski definition) is 7. The Bertz CT molecular complexity index is 940. The Labute approximate surface area is 193 Å². The monoisotopic (exact) mass is 489 g/mol. The third-order valence-electron chi connectivity index (χ3n) is 4.50. The molecule has 1 saturated heterocycles. The lowest BCUT2D eigenvalue weighted by Gasteiger charge is -2.35. The normalized spacial score (nSPS) is 17.1. The number of aromatic nitrogens is 1. The Morgan fingerprint density at radius 1 is 1.40 bits per heavy atom. The van der Waals surface area contributed by atoms with Crippen molar-refractivity contribution in [3.63, 3.8) is 0 Å². The maximum Gasteiger partial charge on any atom is 0.355 e. The number of morpholine rings is 1. The van der Waals surface area contributed by atoms with Gasteiger partial charge in [0.15, 0.2) is 10.0 Å². The van der Waals surface area contributed by atoms with E-state index in [2.05, 4.69) is 9.88 Å². The summed E-state index contributed by atoms with van der Waals surface area (Å²) in [7, 11) is 0. The summed E-state index contributed by atoms with van der Waals surface area (Å²) < 4.78 is 7.95. The largest absolute Gasteiger partial charge is 0.476 e. The molecule has 3 rings (SSSR count). The molecular weight excluding hydrogens is 469 g/mol. The van der Waals surface area contributed by atoms with Gasteiger partial charge >= 0.3 is 5.97 Å². The van der Waals surface area contributed by atoms with E-state index < -0.39 is 5.97 Å². The number of carbonyl (C=O) groups is 2. The van der Waals surface area contributed by atoms with Crippen molar-refractivity contribution < 1.29 is 19.4 Å². The van der Waals surface area contributed by atoms with E-state index in [4.69, 9.17) is 27.9 Å². The molecule has 30 heavy (non-hydrogen) atoms. The minimum Gasteiger partial charge on any atom is -0.476 e. The Morgan fingerprint density at radius 3 is 2.80 bits per heavy atom. The second-order valence-corrected chi connectivity index (χ2v) is 10.1. The van der Waals surface area contributed by atoms with Gasteiger partial charge < -0.3 is 9.84 Å². The summed E-state index contributed by atoms with van der Waals surface area (Å²) in [6, 6.07) is 5.59. The van der Waals surface area contributed by atoms with Gasteiger partial charge in [-0.1, -0.05) is 29.3 Å². The van der Waals surface area contributed by atoms with Crippen molar-refractivity contribution in [1.29, 1.82) is 0 Å². The standard InChI is InChI=1S/C19H21Cl2N3O4S2/c1-11-17(18(26)27)22-19(29-11)30-24(12(2)25)10-14-9-23(5-6-28-14)8-13-3-4-15(20)16(21)7-13/h3-4,7,14H,5-6,8-10H2,1-2H3,(H,26,27)/t14-/m0/s1. The third kappa shape index (κ3) is 6.09. The van der Waals surface area contributed by atoms with Crippen molar-refractivity contribution in [1.82, 2.24) is 14.2 Å². The molecule has 2 aromatic rings. The number of benzene rings is 1. The van der Waals surface area contributed by atoms with Crippen LogP contribution in [0.15, 0.2) is 22.5 Å². The van der Waals surface area contributed by atoms with Gasteiger partial charge in [-0.15, -0.1) is 11.3 Å². The van der Waals surface area contributed by atoms with Crippen LogP contribution in [-0.4, -0.2) is 63.5 Å². The summed E-state index contributed by atoms with van der Waals surface area (Å²) in [5.41, 5.74) is 1.08. The summed E-state index contributed by atoms with van der Waals surface area (Å²) in [4.78, 5) is 30.3. The Hall–Kier alpha value is -1.36. The SMILES string of the molecule is CC(=O)N(C[C@@H]1CN(Cc2ccc(Cl)c(Cl)c2)CCO1)Sc1nc(C(=O)O)c(C)s1. The number of nitrogens with zero attached hydrogens (tertiary/aromatic N) is 3. The molecule has 0 spiro atoms. The zero-order valence-corrected chi connectivity index (χ0v) is 19.6. The fourth-order valence-corrected chi connectivity index (χ4v) is 5.48. The molecule has 1 aliphatic heterocycles. The van der Waals surface area contributed by atoms with E-state index in [9.17, 15) is 14.7 Å². The first kappa shape index (κ1) is 23.3. The number of amides is 1. The molecule has 11 heteroatoms. The summed E-state index contributed by atoms with van der Waals surface area (Å²) in [6.45, 7) is 6.24. The predicted octanol–water partition coefficient (Wildman–Crippen LogP) is 4.21. The van der Waals surface area contributed by atoms with E-state index in [1.807, 2.05) is 12.1 Å². The maximum absolute atomic E-state index is 12.2. The molecule has 7 nitrogen and oxygen atoms in total. The molecule has 0 bridgehead atoms. The van der Waals surface area contributed by atoms with E-state index >= 15 is 0 Å². The van der Waals surface area contributed by atoms with Gasteiger partial charge in [0.1, 0.15) is 0 Å². The van der Waals surface area contributed by atoms with Crippen molar-refractivity contribution in [3.8, 4) is 0 Å². The van der Waals surface area contributed by atoms with Gasteiger partial charge in [-0.05, 0) is 24.6 Å². The molecule has 0 unspecified atom stereocenters. The number of aromatic carboxylic acids is 1. The molecule has 1 aliphatic rings. The number of carboxylic acids is 1. The highest BCUT2D eigenvalue weighted by molar-refractivity contribution is 7.99. The molecule has 1 fully saturated rings. The molecule has 1 aromatic heterocycles. The van der Waals surface area contributed by atoms with Crippen molar-refractivity contribution >= 4 is 58.4 Å². The van der Waals surface area contributed by atoms with Gasteiger partial charge in [-0.25, -0.2) is 9.78 Å². The highest BCUT2D eigenvalue weighted by Crippen LogP contribution is 2.30. The zero-order valence-electron chi connectivity index (χ0n) is 16.4. The molecule has 0 saturated carbocycles. The summed E-state index contributed by atoms with van der Waals surface area (Å²) >= 11 is 14.5. The Balaban J connectivity index is 1.62. The van der Waals surface area contributed by atoms with Gasteiger partial charge in [0.05, 0.1) is 29.3 Å². The first-order valence-electron chi connectivity index (χ1n) is 9.17. The third-order valence-corrected chi connectivity index (χ3v) is 7.35. The first-order valence-corrected chi connectivity index (χ1v) is 11.5. The molecule has 1 atom stereocenters. The number of hydrogen-bond donors (Lipinski definition) is 1. The van der Waals surface area contributed by atoms with Crippen molar-refractivity contribution in [2.75, 3.05) is 26.2 Å². The highest BCUT2D eigenvalue weighted by Gasteiger charge is 2.26. The average Bonchev–Trinajstić information content (AvgIpc) is 3.05.